The molecule has 4 N–H and O–H groups in total. The van der Waals surface area contributed by atoms with Crippen LogP contribution in [0, 0.1) is 0 Å². The summed E-state index contributed by atoms with van der Waals surface area (Å²) in [6.45, 7) is -0.583. The lowest BCUT2D eigenvalue weighted by molar-refractivity contribution is -0.0550. The zero-order valence-electron chi connectivity index (χ0n) is 26.3. The summed E-state index contributed by atoms with van der Waals surface area (Å²) < 4.78 is 17.8. The largest absolute Gasteiger partial charge is 0.497 e. The minimum atomic E-state index is -1.56. The maximum absolute atomic E-state index is 13.8. The zero-order valence-corrected chi connectivity index (χ0v) is 26.3. The molecule has 1 aliphatic heterocycles. The second kappa shape index (κ2) is 13.8. The molecule has 0 saturated carbocycles. The molecule has 1 fully saturated rings. The summed E-state index contributed by atoms with van der Waals surface area (Å²) in [4.78, 5) is 31.9. The van der Waals surface area contributed by atoms with Crippen LogP contribution < -0.4 is 20.5 Å². The molecule has 2 heterocycles. The SMILES string of the molecule is COc1ccc(C(c2ccccc2)(c2ccc(OC)cc2)c2cn([C@@H]3O[C@H](CO)[C@@H](O)[C@H]3O)c(=O)nc2NC(=O)c2ccccc2)cc1. The third-order valence-corrected chi connectivity index (χ3v) is 8.67. The normalized spacial score (nSPS) is 19.1. The lowest BCUT2D eigenvalue weighted by Gasteiger charge is -2.38. The van der Waals surface area contributed by atoms with E-state index in [0.717, 1.165) is 21.3 Å². The number of amides is 1. The molecule has 0 radical (unpaired) electrons. The molecular formula is C37H35N3O8. The number of rotatable bonds is 10. The van der Waals surface area contributed by atoms with Crippen LogP contribution in [0.3, 0.4) is 0 Å². The molecular weight excluding hydrogens is 614 g/mol. The van der Waals surface area contributed by atoms with E-state index in [2.05, 4.69) is 10.3 Å². The van der Waals surface area contributed by atoms with Gasteiger partial charge in [-0.2, -0.15) is 4.98 Å². The second-order valence-electron chi connectivity index (χ2n) is 11.3. The van der Waals surface area contributed by atoms with Gasteiger partial charge >= 0.3 is 5.69 Å². The van der Waals surface area contributed by atoms with Crippen molar-refractivity contribution < 1.29 is 34.3 Å². The van der Waals surface area contributed by atoms with Crippen molar-refractivity contribution in [2.75, 3.05) is 26.1 Å². The van der Waals surface area contributed by atoms with Gasteiger partial charge in [-0.05, 0) is 53.1 Å². The van der Waals surface area contributed by atoms with Gasteiger partial charge in [-0.15, -0.1) is 0 Å². The first-order valence-electron chi connectivity index (χ1n) is 15.3. The molecule has 0 bridgehead atoms. The van der Waals surface area contributed by atoms with Crippen molar-refractivity contribution in [2.45, 2.75) is 30.0 Å². The number of nitrogens with one attached hydrogen (secondary N) is 1. The molecule has 1 aliphatic rings. The van der Waals surface area contributed by atoms with Gasteiger partial charge in [0.05, 0.1) is 26.2 Å². The molecule has 1 aromatic heterocycles. The molecule has 5 aromatic rings. The number of anilines is 1. The quantitative estimate of drug-likeness (QED) is 0.167. The van der Waals surface area contributed by atoms with Gasteiger partial charge in [-0.1, -0.05) is 72.8 Å². The van der Waals surface area contributed by atoms with E-state index in [1.54, 1.807) is 44.6 Å². The Balaban J connectivity index is 1.70. The van der Waals surface area contributed by atoms with Crippen LogP contribution in [0.25, 0.3) is 0 Å². The third-order valence-electron chi connectivity index (χ3n) is 8.67. The van der Waals surface area contributed by atoms with E-state index in [-0.39, 0.29) is 5.82 Å². The average molecular weight is 650 g/mol. The van der Waals surface area contributed by atoms with E-state index >= 15 is 0 Å². The molecule has 0 spiro atoms. The maximum Gasteiger partial charge on any atom is 0.351 e. The Kier molecular flexibility index (Phi) is 9.37. The zero-order chi connectivity index (χ0) is 33.8. The van der Waals surface area contributed by atoms with Crippen molar-refractivity contribution in [3.8, 4) is 11.5 Å². The highest BCUT2D eigenvalue weighted by Crippen LogP contribution is 2.48. The first-order valence-corrected chi connectivity index (χ1v) is 15.3. The summed E-state index contributed by atoms with van der Waals surface area (Å²) in [5.41, 5.74) is 0.779. The number of benzene rings is 4. The van der Waals surface area contributed by atoms with Gasteiger partial charge in [-0.25, -0.2) is 4.79 Å². The highest BCUT2D eigenvalue weighted by Gasteiger charge is 2.46. The number of hydrogen-bond acceptors (Lipinski definition) is 9. The second-order valence-corrected chi connectivity index (χ2v) is 11.3. The van der Waals surface area contributed by atoms with E-state index in [1.165, 1.54) is 6.20 Å². The van der Waals surface area contributed by atoms with Crippen LogP contribution in [-0.2, 0) is 10.2 Å². The minimum absolute atomic E-state index is 0.0349. The maximum atomic E-state index is 13.8. The molecule has 6 rings (SSSR count). The number of hydrogen-bond donors (Lipinski definition) is 4. The molecule has 4 atom stereocenters. The smallest absolute Gasteiger partial charge is 0.351 e. The first kappa shape index (κ1) is 32.6. The van der Waals surface area contributed by atoms with Crippen LogP contribution in [-0.4, -0.2) is 69.9 Å². The Labute approximate surface area is 276 Å². The molecule has 246 valence electrons. The van der Waals surface area contributed by atoms with Gasteiger partial charge in [0.15, 0.2) is 6.23 Å². The molecule has 0 unspecified atom stereocenters. The van der Waals surface area contributed by atoms with Crippen molar-refractivity contribution in [1.29, 1.82) is 0 Å². The fourth-order valence-electron chi connectivity index (χ4n) is 6.24. The van der Waals surface area contributed by atoms with Gasteiger partial charge in [0.1, 0.15) is 35.6 Å². The topological polar surface area (TPSA) is 152 Å². The molecule has 1 amide bonds. The number of aromatic nitrogens is 2. The number of aliphatic hydroxyl groups excluding tert-OH is 3. The van der Waals surface area contributed by atoms with Crippen molar-refractivity contribution in [3.05, 3.63) is 154 Å². The van der Waals surface area contributed by atoms with Gasteiger partial charge < -0.3 is 34.8 Å². The Morgan fingerprint density at radius 2 is 1.33 bits per heavy atom. The monoisotopic (exact) mass is 649 g/mol. The van der Waals surface area contributed by atoms with E-state index in [9.17, 15) is 24.9 Å². The lowest BCUT2D eigenvalue weighted by atomic mass is 9.65. The first-order chi connectivity index (χ1) is 23.3. The van der Waals surface area contributed by atoms with Crippen LogP contribution in [0.1, 0.15) is 38.8 Å². The highest BCUT2D eigenvalue weighted by molar-refractivity contribution is 6.04. The average Bonchev–Trinajstić information content (AvgIpc) is 3.42. The Hall–Kier alpha value is -5.33. The third kappa shape index (κ3) is 5.84. The summed E-state index contributed by atoms with van der Waals surface area (Å²) in [6, 6.07) is 32.9. The van der Waals surface area contributed by atoms with Crippen LogP contribution in [0.4, 0.5) is 5.82 Å². The van der Waals surface area contributed by atoms with Crippen LogP contribution in [0.2, 0.25) is 0 Å². The summed E-state index contributed by atoms with van der Waals surface area (Å²) >= 11 is 0. The van der Waals surface area contributed by atoms with E-state index < -0.39 is 48.2 Å². The minimum Gasteiger partial charge on any atom is -0.497 e. The van der Waals surface area contributed by atoms with Crippen LogP contribution in [0.15, 0.2) is 120 Å². The predicted molar refractivity (Wildman–Crippen MR) is 177 cm³/mol. The van der Waals surface area contributed by atoms with Crippen LogP contribution in [0.5, 0.6) is 11.5 Å². The number of methoxy groups -OCH3 is 2. The van der Waals surface area contributed by atoms with Crippen molar-refractivity contribution in [1.82, 2.24) is 9.55 Å². The summed E-state index contributed by atoms with van der Waals surface area (Å²) in [5.74, 6) is 0.693. The Morgan fingerprint density at radius 3 is 1.83 bits per heavy atom. The molecule has 0 aliphatic carbocycles. The lowest BCUT2D eigenvalue weighted by Crippen LogP contribution is -2.39. The van der Waals surface area contributed by atoms with Crippen molar-refractivity contribution in [2.24, 2.45) is 0 Å². The molecule has 48 heavy (non-hydrogen) atoms. The Bertz CT molecular complexity index is 1870. The highest BCUT2D eigenvalue weighted by atomic mass is 16.6. The van der Waals surface area contributed by atoms with Gasteiger partial charge in [0.25, 0.3) is 5.91 Å². The molecule has 4 aromatic carbocycles. The van der Waals surface area contributed by atoms with Gasteiger partial charge in [0.2, 0.25) is 0 Å². The predicted octanol–water partition coefficient (Wildman–Crippen LogP) is 3.51. The molecule has 1 saturated heterocycles. The van der Waals surface area contributed by atoms with E-state index in [4.69, 9.17) is 14.2 Å². The fraction of sp³-hybridized carbons (Fsp3) is 0.216. The van der Waals surface area contributed by atoms with Crippen molar-refractivity contribution in [3.63, 3.8) is 0 Å². The Morgan fingerprint density at radius 1 is 0.812 bits per heavy atom. The van der Waals surface area contributed by atoms with Crippen molar-refractivity contribution >= 4 is 11.7 Å². The summed E-state index contributed by atoms with van der Waals surface area (Å²) in [7, 11) is 3.14. The molecule has 11 heteroatoms. The summed E-state index contributed by atoms with van der Waals surface area (Å²) in [5, 5.41) is 34.2. The molecule has 11 nitrogen and oxygen atoms in total. The number of carbonyl (C=O) groups is 1. The number of nitrogens with zero attached hydrogens (tertiary/aromatic N) is 2. The van der Waals surface area contributed by atoms with Gasteiger partial charge in [-0.3, -0.25) is 9.36 Å². The summed E-state index contributed by atoms with van der Waals surface area (Å²) in [6.07, 6.45) is -4.07. The van der Waals surface area contributed by atoms with E-state index in [0.29, 0.717) is 22.6 Å². The number of carbonyl (C=O) groups excluding carboxylic acids is 1. The van der Waals surface area contributed by atoms with Crippen LogP contribution >= 0.6 is 0 Å². The van der Waals surface area contributed by atoms with E-state index in [1.807, 2.05) is 78.9 Å². The number of aliphatic hydroxyl groups is 3. The van der Waals surface area contributed by atoms with Gasteiger partial charge in [0, 0.05) is 17.3 Å². The standard InChI is InChI=1S/C37H35N3O8/c1-46-27-17-13-25(14-18-27)37(24-11-7-4-8-12-24,26-15-19-28(47-2)20-16-26)29-21-40(35-32(43)31(42)30(22-41)48-35)36(45)39-33(29)38-34(44)23-9-5-3-6-10-23/h3-21,30-32,35,41-43H,22H2,1-2H3,(H,38,39,44,45)/t30-,31-,32-,35-/m1/s1. The number of ether oxygens (including phenoxy) is 3. The fourth-order valence-corrected chi connectivity index (χ4v) is 6.24.